The fourth-order valence-electron chi connectivity index (χ4n) is 1.61. The lowest BCUT2D eigenvalue weighted by Gasteiger charge is -2.15. The summed E-state index contributed by atoms with van der Waals surface area (Å²) in [6, 6.07) is 8.80. The van der Waals surface area contributed by atoms with Crippen molar-refractivity contribution >= 4 is 48.9 Å². The quantitative estimate of drug-likeness (QED) is 0.720. The van der Waals surface area contributed by atoms with E-state index in [-0.39, 0.29) is 0 Å². The highest BCUT2D eigenvalue weighted by Crippen LogP contribution is 2.31. The molecule has 4 heteroatoms. The third kappa shape index (κ3) is 3.33. The first-order valence-corrected chi connectivity index (χ1v) is 7.79. The van der Waals surface area contributed by atoms with E-state index in [0.717, 1.165) is 14.6 Å². The number of anilines is 1. The Morgan fingerprint density at radius 2 is 2.00 bits per heavy atom. The maximum Gasteiger partial charge on any atom is 0.0579 e. The molecule has 1 unspecified atom stereocenters. The van der Waals surface area contributed by atoms with Crippen LogP contribution in [0.2, 0.25) is 0 Å². The van der Waals surface area contributed by atoms with E-state index in [4.69, 9.17) is 0 Å². The Balaban J connectivity index is 2.18. The summed E-state index contributed by atoms with van der Waals surface area (Å²) in [5.74, 6) is 0. The van der Waals surface area contributed by atoms with Gasteiger partial charge in [0.05, 0.1) is 6.04 Å². The number of hydrogen-bond acceptors (Lipinski definition) is 2. The van der Waals surface area contributed by atoms with Gasteiger partial charge in [-0.1, -0.05) is 6.07 Å². The second-order valence-electron chi connectivity index (χ2n) is 4.02. The van der Waals surface area contributed by atoms with Crippen molar-refractivity contribution in [2.45, 2.75) is 19.9 Å². The van der Waals surface area contributed by atoms with E-state index in [1.807, 2.05) is 0 Å². The molecule has 1 N–H and O–H groups in total. The summed E-state index contributed by atoms with van der Waals surface area (Å²) in [6.45, 7) is 4.27. The summed E-state index contributed by atoms with van der Waals surface area (Å²) in [7, 11) is 0. The molecular weight excluding hydrogens is 362 g/mol. The van der Waals surface area contributed by atoms with Gasteiger partial charge in [0.25, 0.3) is 0 Å². The van der Waals surface area contributed by atoms with Crippen molar-refractivity contribution in [1.29, 1.82) is 0 Å². The minimum Gasteiger partial charge on any atom is -0.377 e. The van der Waals surface area contributed by atoms with Crippen LogP contribution in [0.15, 0.2) is 38.6 Å². The number of halogens is 2. The Hall–Kier alpha value is -0.320. The van der Waals surface area contributed by atoms with Crippen molar-refractivity contribution < 1.29 is 0 Å². The topological polar surface area (TPSA) is 12.0 Å². The SMILES string of the molecule is Cc1ccc(Br)c(NC(C)c2cc(Br)cs2)c1. The second-order valence-corrected chi connectivity index (χ2v) is 6.73. The molecule has 2 rings (SSSR count). The Kier molecular flexibility index (Phi) is 4.28. The molecule has 17 heavy (non-hydrogen) atoms. The van der Waals surface area contributed by atoms with Crippen LogP contribution >= 0.6 is 43.2 Å². The molecule has 0 saturated carbocycles. The maximum atomic E-state index is 3.57. The van der Waals surface area contributed by atoms with Gasteiger partial charge in [-0.3, -0.25) is 0 Å². The number of rotatable bonds is 3. The predicted molar refractivity (Wildman–Crippen MR) is 82.9 cm³/mol. The summed E-state index contributed by atoms with van der Waals surface area (Å²) < 4.78 is 2.25. The lowest BCUT2D eigenvalue weighted by atomic mass is 10.2. The monoisotopic (exact) mass is 373 g/mol. The summed E-state index contributed by atoms with van der Waals surface area (Å²) in [5.41, 5.74) is 2.40. The molecule has 1 aromatic heterocycles. The molecule has 0 aliphatic rings. The van der Waals surface area contributed by atoms with Gasteiger partial charge in [0.2, 0.25) is 0 Å². The summed E-state index contributed by atoms with van der Waals surface area (Å²) in [5, 5.41) is 5.63. The Morgan fingerprint density at radius 3 is 2.65 bits per heavy atom. The Bertz CT molecular complexity index is 522. The Labute approximate surface area is 123 Å². The molecule has 1 nitrogen and oxygen atoms in total. The first kappa shape index (κ1) is 13.1. The zero-order valence-corrected chi connectivity index (χ0v) is 13.6. The van der Waals surface area contributed by atoms with E-state index >= 15 is 0 Å². The van der Waals surface area contributed by atoms with E-state index in [1.54, 1.807) is 11.3 Å². The van der Waals surface area contributed by atoms with Crippen LogP contribution in [-0.2, 0) is 0 Å². The molecule has 0 bridgehead atoms. The van der Waals surface area contributed by atoms with Crippen molar-refractivity contribution in [2.75, 3.05) is 5.32 Å². The van der Waals surface area contributed by atoms with E-state index < -0.39 is 0 Å². The van der Waals surface area contributed by atoms with Crippen LogP contribution in [0.1, 0.15) is 23.4 Å². The van der Waals surface area contributed by atoms with E-state index in [0.29, 0.717) is 6.04 Å². The molecular formula is C13H13Br2NS. The number of benzene rings is 1. The number of thiophene rings is 1. The molecule has 0 spiro atoms. The van der Waals surface area contributed by atoms with Gasteiger partial charge in [0, 0.05) is 24.9 Å². The molecule has 1 aromatic carbocycles. The lowest BCUT2D eigenvalue weighted by Crippen LogP contribution is -2.05. The fraction of sp³-hybridized carbons (Fsp3) is 0.231. The molecule has 2 aromatic rings. The average molecular weight is 375 g/mol. The highest BCUT2D eigenvalue weighted by molar-refractivity contribution is 9.10. The molecule has 1 heterocycles. The zero-order valence-electron chi connectivity index (χ0n) is 9.63. The molecule has 0 fully saturated rings. The van der Waals surface area contributed by atoms with Gasteiger partial charge in [-0.15, -0.1) is 11.3 Å². The molecule has 0 aliphatic carbocycles. The molecule has 0 radical (unpaired) electrons. The third-order valence-electron chi connectivity index (χ3n) is 2.51. The van der Waals surface area contributed by atoms with Crippen molar-refractivity contribution in [3.8, 4) is 0 Å². The van der Waals surface area contributed by atoms with Gasteiger partial charge < -0.3 is 5.32 Å². The summed E-state index contributed by atoms with van der Waals surface area (Å²) >= 11 is 8.82. The van der Waals surface area contributed by atoms with Gasteiger partial charge in [-0.2, -0.15) is 0 Å². The number of aryl methyl sites for hydroxylation is 1. The van der Waals surface area contributed by atoms with Gasteiger partial charge >= 0.3 is 0 Å². The molecule has 0 amide bonds. The van der Waals surface area contributed by atoms with Crippen LogP contribution in [-0.4, -0.2) is 0 Å². The van der Waals surface area contributed by atoms with Gasteiger partial charge in [0.1, 0.15) is 0 Å². The third-order valence-corrected chi connectivity index (χ3v) is 5.08. The standard InChI is InChI=1S/C13H13Br2NS/c1-8-3-4-11(15)12(5-8)16-9(2)13-6-10(14)7-17-13/h3-7,9,16H,1-2H3. The summed E-state index contributed by atoms with van der Waals surface area (Å²) in [6.07, 6.45) is 0. The van der Waals surface area contributed by atoms with Crippen LogP contribution < -0.4 is 5.32 Å². The molecule has 90 valence electrons. The van der Waals surface area contributed by atoms with Crippen LogP contribution in [0.3, 0.4) is 0 Å². The van der Waals surface area contributed by atoms with Crippen LogP contribution in [0.5, 0.6) is 0 Å². The molecule has 0 saturated heterocycles. The van der Waals surface area contributed by atoms with Crippen molar-refractivity contribution in [3.05, 3.63) is 49.0 Å². The van der Waals surface area contributed by atoms with Crippen LogP contribution in [0.4, 0.5) is 5.69 Å². The van der Waals surface area contributed by atoms with Crippen LogP contribution in [0, 0.1) is 6.92 Å². The minimum atomic E-state index is 0.310. The largest absolute Gasteiger partial charge is 0.377 e. The molecule has 0 aliphatic heterocycles. The number of nitrogens with one attached hydrogen (secondary N) is 1. The Morgan fingerprint density at radius 1 is 1.24 bits per heavy atom. The number of hydrogen-bond donors (Lipinski definition) is 1. The average Bonchev–Trinajstić information content (AvgIpc) is 2.70. The van der Waals surface area contributed by atoms with Crippen LogP contribution in [0.25, 0.3) is 0 Å². The van der Waals surface area contributed by atoms with E-state index in [1.165, 1.54) is 10.4 Å². The van der Waals surface area contributed by atoms with Gasteiger partial charge in [0.15, 0.2) is 0 Å². The predicted octanol–water partition coefficient (Wildman–Crippen LogP) is 5.75. The highest BCUT2D eigenvalue weighted by Gasteiger charge is 2.09. The van der Waals surface area contributed by atoms with Gasteiger partial charge in [-0.25, -0.2) is 0 Å². The summed E-state index contributed by atoms with van der Waals surface area (Å²) in [4.78, 5) is 1.32. The minimum absolute atomic E-state index is 0.310. The van der Waals surface area contributed by atoms with E-state index in [2.05, 4.69) is 80.7 Å². The van der Waals surface area contributed by atoms with Gasteiger partial charge in [-0.05, 0) is 69.5 Å². The highest BCUT2D eigenvalue weighted by atomic mass is 79.9. The fourth-order valence-corrected chi connectivity index (χ4v) is 3.42. The zero-order chi connectivity index (χ0) is 12.4. The normalized spacial score (nSPS) is 12.5. The maximum absolute atomic E-state index is 3.57. The second kappa shape index (κ2) is 5.55. The first-order valence-electron chi connectivity index (χ1n) is 5.33. The lowest BCUT2D eigenvalue weighted by molar-refractivity contribution is 0.906. The van der Waals surface area contributed by atoms with Crippen molar-refractivity contribution in [1.82, 2.24) is 0 Å². The van der Waals surface area contributed by atoms with Crippen molar-refractivity contribution in [2.24, 2.45) is 0 Å². The smallest absolute Gasteiger partial charge is 0.0579 e. The van der Waals surface area contributed by atoms with Crippen molar-refractivity contribution in [3.63, 3.8) is 0 Å². The van der Waals surface area contributed by atoms with E-state index in [9.17, 15) is 0 Å². The first-order chi connectivity index (χ1) is 8.06. The molecule has 1 atom stereocenters.